The van der Waals surface area contributed by atoms with Gasteiger partial charge in [-0.1, -0.05) is 23.2 Å². The van der Waals surface area contributed by atoms with E-state index in [9.17, 15) is 0 Å². The van der Waals surface area contributed by atoms with Gasteiger partial charge in [-0.15, -0.1) is 0 Å². The third-order valence-corrected chi connectivity index (χ3v) is 4.51. The molecule has 0 N–H and O–H groups in total. The normalized spacial score (nSPS) is 11.3. The smallest absolute Gasteiger partial charge is 0.119 e. The van der Waals surface area contributed by atoms with Crippen molar-refractivity contribution in [3.05, 3.63) is 75.5 Å². The van der Waals surface area contributed by atoms with Crippen molar-refractivity contribution in [2.24, 2.45) is 4.99 Å². The summed E-state index contributed by atoms with van der Waals surface area (Å²) in [6.07, 6.45) is 1.84. The molecule has 1 aromatic heterocycles. The van der Waals surface area contributed by atoms with Gasteiger partial charge in [0.05, 0.1) is 12.3 Å². The Morgan fingerprint density at radius 1 is 1.00 bits per heavy atom. The fourth-order valence-corrected chi connectivity index (χ4v) is 3.45. The Bertz CT molecular complexity index is 923. The summed E-state index contributed by atoms with van der Waals surface area (Å²) in [5.74, 6) is 0.873. The molecular formula is C21H20Cl2N2O. The Labute approximate surface area is 163 Å². The van der Waals surface area contributed by atoms with Gasteiger partial charge in [-0.2, -0.15) is 0 Å². The molecule has 3 rings (SSSR count). The second kappa shape index (κ2) is 7.98. The van der Waals surface area contributed by atoms with E-state index in [4.69, 9.17) is 27.9 Å². The molecule has 0 fully saturated rings. The summed E-state index contributed by atoms with van der Waals surface area (Å²) in [7, 11) is 0. The molecule has 0 aliphatic rings. The number of benzene rings is 2. The molecule has 5 heteroatoms. The molecule has 0 unspecified atom stereocenters. The standard InChI is InChI=1S/C21H20Cl2N2O/c1-4-26-21-7-5-20(6-8-21)25-14(2)9-16(15(25)3)13-24-19-11-17(22)10-18(23)12-19/h5-13H,4H2,1-3H3. The summed E-state index contributed by atoms with van der Waals surface area (Å²) in [4.78, 5) is 4.52. The molecule has 134 valence electrons. The first-order valence-corrected chi connectivity index (χ1v) is 9.16. The van der Waals surface area contributed by atoms with Crippen molar-refractivity contribution in [2.75, 3.05) is 6.61 Å². The SMILES string of the molecule is CCOc1ccc(-n2c(C)cc(C=Nc3cc(Cl)cc(Cl)c3)c2C)cc1. The fraction of sp³-hybridized carbons (Fsp3) is 0.190. The maximum absolute atomic E-state index is 6.04. The Balaban J connectivity index is 1.91. The number of aromatic nitrogens is 1. The molecule has 0 saturated heterocycles. The van der Waals surface area contributed by atoms with Gasteiger partial charge in [0.1, 0.15) is 5.75 Å². The van der Waals surface area contributed by atoms with E-state index in [1.54, 1.807) is 18.2 Å². The van der Waals surface area contributed by atoms with E-state index in [-0.39, 0.29) is 0 Å². The molecule has 1 heterocycles. The van der Waals surface area contributed by atoms with Crippen LogP contribution in [0.15, 0.2) is 53.5 Å². The molecule has 0 amide bonds. The number of hydrogen-bond donors (Lipinski definition) is 0. The maximum Gasteiger partial charge on any atom is 0.119 e. The van der Waals surface area contributed by atoms with Crippen molar-refractivity contribution < 1.29 is 4.74 Å². The Kier molecular flexibility index (Phi) is 5.70. The van der Waals surface area contributed by atoms with Gasteiger partial charge in [0.15, 0.2) is 0 Å². The summed E-state index contributed by atoms with van der Waals surface area (Å²) in [6, 6.07) is 15.5. The number of rotatable bonds is 5. The van der Waals surface area contributed by atoms with Crippen molar-refractivity contribution in [3.63, 3.8) is 0 Å². The summed E-state index contributed by atoms with van der Waals surface area (Å²) in [6.45, 7) is 6.80. The molecule has 0 spiro atoms. The van der Waals surface area contributed by atoms with Gasteiger partial charge in [-0.25, -0.2) is 0 Å². The van der Waals surface area contributed by atoms with Crippen LogP contribution in [-0.4, -0.2) is 17.4 Å². The number of nitrogens with zero attached hydrogens (tertiary/aromatic N) is 2. The lowest BCUT2D eigenvalue weighted by Crippen LogP contribution is -2.00. The minimum absolute atomic E-state index is 0.574. The lowest BCUT2D eigenvalue weighted by molar-refractivity contribution is 0.340. The van der Waals surface area contributed by atoms with Crippen molar-refractivity contribution in [2.45, 2.75) is 20.8 Å². The highest BCUT2D eigenvalue weighted by molar-refractivity contribution is 6.35. The van der Waals surface area contributed by atoms with Crippen molar-refractivity contribution >= 4 is 35.1 Å². The molecule has 0 aliphatic carbocycles. The molecule has 3 aromatic rings. The quantitative estimate of drug-likeness (QED) is 0.456. The van der Waals surface area contributed by atoms with Crippen LogP contribution in [0.4, 0.5) is 5.69 Å². The molecule has 0 aliphatic heterocycles. The van der Waals surface area contributed by atoms with Gasteiger partial charge < -0.3 is 9.30 Å². The Morgan fingerprint density at radius 3 is 2.27 bits per heavy atom. The lowest BCUT2D eigenvalue weighted by atomic mass is 10.2. The Hall–Kier alpha value is -2.23. The van der Waals surface area contributed by atoms with Gasteiger partial charge in [0.2, 0.25) is 0 Å². The van der Waals surface area contributed by atoms with E-state index in [0.717, 1.165) is 34.1 Å². The van der Waals surface area contributed by atoms with Crippen molar-refractivity contribution in [1.29, 1.82) is 0 Å². The molecule has 2 aromatic carbocycles. The first-order valence-electron chi connectivity index (χ1n) is 8.40. The third-order valence-electron chi connectivity index (χ3n) is 4.08. The van der Waals surface area contributed by atoms with Crippen LogP contribution in [0.3, 0.4) is 0 Å². The highest BCUT2D eigenvalue weighted by Crippen LogP contribution is 2.26. The van der Waals surface area contributed by atoms with E-state index in [0.29, 0.717) is 16.7 Å². The molecule has 26 heavy (non-hydrogen) atoms. The predicted octanol–water partition coefficient (Wildman–Crippen LogP) is 6.55. The maximum atomic E-state index is 6.04. The van der Waals surface area contributed by atoms with E-state index in [1.807, 2.05) is 25.3 Å². The number of aryl methyl sites for hydroxylation is 1. The average Bonchev–Trinajstić information content (AvgIpc) is 2.87. The van der Waals surface area contributed by atoms with Crippen LogP contribution in [-0.2, 0) is 0 Å². The first-order chi connectivity index (χ1) is 12.5. The molecule has 0 bridgehead atoms. The molecule has 0 saturated carbocycles. The monoisotopic (exact) mass is 386 g/mol. The predicted molar refractivity (Wildman–Crippen MR) is 110 cm³/mol. The van der Waals surface area contributed by atoms with Gasteiger partial charge in [0, 0.05) is 38.9 Å². The minimum atomic E-state index is 0.574. The Morgan fingerprint density at radius 2 is 1.65 bits per heavy atom. The summed E-state index contributed by atoms with van der Waals surface area (Å²) >= 11 is 12.1. The van der Waals surface area contributed by atoms with Gasteiger partial charge >= 0.3 is 0 Å². The van der Waals surface area contributed by atoms with Crippen LogP contribution in [0, 0.1) is 13.8 Å². The molecule has 0 atom stereocenters. The van der Waals surface area contributed by atoms with E-state index < -0.39 is 0 Å². The highest BCUT2D eigenvalue weighted by Gasteiger charge is 2.09. The van der Waals surface area contributed by atoms with Crippen LogP contribution in [0.5, 0.6) is 5.75 Å². The number of ether oxygens (including phenoxy) is 1. The summed E-state index contributed by atoms with van der Waals surface area (Å²) < 4.78 is 7.71. The summed E-state index contributed by atoms with van der Waals surface area (Å²) in [5.41, 5.74) is 5.12. The number of aliphatic imine (C=N–C) groups is 1. The molecular weight excluding hydrogens is 367 g/mol. The second-order valence-corrected chi connectivity index (χ2v) is 6.85. The topological polar surface area (TPSA) is 26.5 Å². The lowest BCUT2D eigenvalue weighted by Gasteiger charge is -2.11. The minimum Gasteiger partial charge on any atom is -0.494 e. The van der Waals surface area contributed by atoms with Crippen LogP contribution >= 0.6 is 23.2 Å². The zero-order valence-electron chi connectivity index (χ0n) is 15.0. The number of hydrogen-bond acceptors (Lipinski definition) is 2. The van der Waals surface area contributed by atoms with Crippen LogP contribution in [0.25, 0.3) is 5.69 Å². The molecule has 3 nitrogen and oxygen atoms in total. The van der Waals surface area contributed by atoms with E-state index >= 15 is 0 Å². The van der Waals surface area contributed by atoms with E-state index in [2.05, 4.69) is 41.6 Å². The largest absolute Gasteiger partial charge is 0.494 e. The zero-order chi connectivity index (χ0) is 18.7. The fourth-order valence-electron chi connectivity index (χ4n) is 2.93. The third kappa shape index (κ3) is 4.12. The highest BCUT2D eigenvalue weighted by atomic mass is 35.5. The molecule has 0 radical (unpaired) electrons. The van der Waals surface area contributed by atoms with Crippen LogP contribution in [0.1, 0.15) is 23.9 Å². The summed E-state index contributed by atoms with van der Waals surface area (Å²) in [5, 5.41) is 1.15. The van der Waals surface area contributed by atoms with Gasteiger partial charge in [0.25, 0.3) is 0 Å². The van der Waals surface area contributed by atoms with Crippen LogP contribution in [0.2, 0.25) is 10.0 Å². The average molecular weight is 387 g/mol. The van der Waals surface area contributed by atoms with Crippen molar-refractivity contribution in [3.8, 4) is 11.4 Å². The van der Waals surface area contributed by atoms with Gasteiger partial charge in [-0.3, -0.25) is 4.99 Å². The van der Waals surface area contributed by atoms with E-state index in [1.165, 1.54) is 0 Å². The van der Waals surface area contributed by atoms with Gasteiger partial charge in [-0.05, 0) is 69.3 Å². The zero-order valence-corrected chi connectivity index (χ0v) is 16.5. The number of halogens is 2. The first kappa shape index (κ1) is 18.6. The van der Waals surface area contributed by atoms with Crippen LogP contribution < -0.4 is 4.74 Å². The second-order valence-electron chi connectivity index (χ2n) is 5.97. The van der Waals surface area contributed by atoms with Crippen molar-refractivity contribution in [1.82, 2.24) is 4.57 Å².